The molecule has 1 N–H and O–H groups in total. The SMILES string of the molecule is CONC(=O)C1(C)CC=CC1. The van der Waals surface area contributed by atoms with Crippen molar-refractivity contribution in [1.29, 1.82) is 0 Å². The molecule has 1 aliphatic carbocycles. The first kappa shape index (κ1) is 8.27. The molecule has 1 aliphatic rings. The summed E-state index contributed by atoms with van der Waals surface area (Å²) in [6, 6.07) is 0. The van der Waals surface area contributed by atoms with Gasteiger partial charge in [0.25, 0.3) is 0 Å². The fourth-order valence-corrected chi connectivity index (χ4v) is 1.17. The van der Waals surface area contributed by atoms with Crippen LogP contribution in [-0.4, -0.2) is 13.0 Å². The van der Waals surface area contributed by atoms with Crippen molar-refractivity contribution in [3.05, 3.63) is 12.2 Å². The van der Waals surface area contributed by atoms with Crippen LogP contribution in [0.25, 0.3) is 0 Å². The lowest BCUT2D eigenvalue weighted by atomic mass is 9.87. The van der Waals surface area contributed by atoms with Gasteiger partial charge in [0.15, 0.2) is 0 Å². The molecule has 0 atom stereocenters. The Balaban J connectivity index is 2.51. The third-order valence-electron chi connectivity index (χ3n) is 2.05. The maximum Gasteiger partial charge on any atom is 0.250 e. The third kappa shape index (κ3) is 1.60. The van der Waals surface area contributed by atoms with Crippen molar-refractivity contribution >= 4 is 5.91 Å². The zero-order chi connectivity index (χ0) is 8.32. The predicted octanol–water partition coefficient (Wildman–Crippen LogP) is 1.02. The molecule has 0 bridgehead atoms. The Hall–Kier alpha value is -0.830. The van der Waals surface area contributed by atoms with Gasteiger partial charge in [0.05, 0.1) is 12.5 Å². The van der Waals surface area contributed by atoms with Crippen LogP contribution in [0, 0.1) is 5.41 Å². The number of allylic oxidation sites excluding steroid dienone is 2. The number of amides is 1. The lowest BCUT2D eigenvalue weighted by molar-refractivity contribution is -0.140. The van der Waals surface area contributed by atoms with Crippen LogP contribution in [0.1, 0.15) is 19.8 Å². The van der Waals surface area contributed by atoms with Crippen LogP contribution in [0.3, 0.4) is 0 Å². The van der Waals surface area contributed by atoms with Gasteiger partial charge in [-0.1, -0.05) is 19.1 Å². The predicted molar refractivity (Wildman–Crippen MR) is 41.6 cm³/mol. The summed E-state index contributed by atoms with van der Waals surface area (Å²) in [6.45, 7) is 1.93. The Morgan fingerprint density at radius 3 is 2.55 bits per heavy atom. The van der Waals surface area contributed by atoms with Gasteiger partial charge in [0.1, 0.15) is 0 Å². The van der Waals surface area contributed by atoms with E-state index in [4.69, 9.17) is 0 Å². The van der Waals surface area contributed by atoms with E-state index < -0.39 is 0 Å². The molecule has 0 saturated carbocycles. The molecule has 62 valence electrons. The zero-order valence-corrected chi connectivity index (χ0v) is 6.89. The highest BCUT2D eigenvalue weighted by Crippen LogP contribution is 2.32. The average Bonchev–Trinajstić information content (AvgIpc) is 2.38. The summed E-state index contributed by atoms with van der Waals surface area (Å²) in [5, 5.41) is 0. The summed E-state index contributed by atoms with van der Waals surface area (Å²) in [5.41, 5.74) is 2.07. The van der Waals surface area contributed by atoms with Crippen molar-refractivity contribution in [3.8, 4) is 0 Å². The second-order valence-electron chi connectivity index (χ2n) is 3.08. The Labute approximate surface area is 66.4 Å². The molecular weight excluding hydrogens is 142 g/mol. The van der Waals surface area contributed by atoms with E-state index in [0.29, 0.717) is 0 Å². The fourth-order valence-electron chi connectivity index (χ4n) is 1.17. The normalized spacial score (nSPS) is 20.2. The molecule has 1 rings (SSSR count). The Morgan fingerprint density at radius 2 is 2.09 bits per heavy atom. The molecule has 3 nitrogen and oxygen atoms in total. The number of rotatable bonds is 2. The van der Waals surface area contributed by atoms with E-state index in [-0.39, 0.29) is 11.3 Å². The molecule has 0 radical (unpaired) electrons. The molecule has 0 heterocycles. The summed E-state index contributed by atoms with van der Waals surface area (Å²) < 4.78 is 0. The second-order valence-corrected chi connectivity index (χ2v) is 3.08. The van der Waals surface area contributed by atoms with Crippen LogP contribution in [0.5, 0.6) is 0 Å². The van der Waals surface area contributed by atoms with Crippen molar-refractivity contribution in [3.63, 3.8) is 0 Å². The van der Waals surface area contributed by atoms with Gasteiger partial charge >= 0.3 is 0 Å². The Bertz CT molecular complexity index is 179. The molecule has 0 fully saturated rings. The Kier molecular flexibility index (Phi) is 2.29. The van der Waals surface area contributed by atoms with Gasteiger partial charge in [-0.15, -0.1) is 0 Å². The van der Waals surface area contributed by atoms with Crippen LogP contribution < -0.4 is 5.48 Å². The number of carbonyl (C=O) groups excluding carboxylic acids is 1. The maximum atomic E-state index is 11.3. The van der Waals surface area contributed by atoms with Gasteiger partial charge in [0, 0.05) is 0 Å². The van der Waals surface area contributed by atoms with Crippen molar-refractivity contribution in [1.82, 2.24) is 5.48 Å². The third-order valence-corrected chi connectivity index (χ3v) is 2.05. The maximum absolute atomic E-state index is 11.3. The van der Waals surface area contributed by atoms with Gasteiger partial charge in [-0.25, -0.2) is 5.48 Å². The molecule has 0 aromatic carbocycles. The summed E-state index contributed by atoms with van der Waals surface area (Å²) >= 11 is 0. The van der Waals surface area contributed by atoms with E-state index in [0.717, 1.165) is 12.8 Å². The van der Waals surface area contributed by atoms with E-state index in [1.807, 2.05) is 19.1 Å². The van der Waals surface area contributed by atoms with E-state index in [1.165, 1.54) is 7.11 Å². The van der Waals surface area contributed by atoms with Gasteiger partial charge in [0.2, 0.25) is 5.91 Å². The van der Waals surface area contributed by atoms with E-state index in [2.05, 4.69) is 10.3 Å². The van der Waals surface area contributed by atoms with E-state index in [9.17, 15) is 4.79 Å². The quantitative estimate of drug-likeness (QED) is 0.477. The van der Waals surface area contributed by atoms with Crippen molar-refractivity contribution in [2.45, 2.75) is 19.8 Å². The summed E-state index contributed by atoms with van der Waals surface area (Å²) in [7, 11) is 1.45. The number of hydrogen-bond acceptors (Lipinski definition) is 2. The molecule has 0 aliphatic heterocycles. The van der Waals surface area contributed by atoms with E-state index >= 15 is 0 Å². The largest absolute Gasteiger partial charge is 0.277 e. The van der Waals surface area contributed by atoms with Crippen molar-refractivity contribution < 1.29 is 9.63 Å². The second kappa shape index (κ2) is 3.05. The number of carbonyl (C=O) groups is 1. The molecule has 3 heteroatoms. The molecule has 0 aromatic rings. The topological polar surface area (TPSA) is 38.3 Å². The molecule has 11 heavy (non-hydrogen) atoms. The fraction of sp³-hybridized carbons (Fsp3) is 0.625. The number of hydrogen-bond donors (Lipinski definition) is 1. The van der Waals surface area contributed by atoms with Crippen molar-refractivity contribution in [2.75, 3.05) is 7.11 Å². The average molecular weight is 155 g/mol. The van der Waals surface area contributed by atoms with Gasteiger partial charge in [-0.05, 0) is 12.8 Å². The number of nitrogens with one attached hydrogen (secondary N) is 1. The van der Waals surface area contributed by atoms with Crippen molar-refractivity contribution in [2.24, 2.45) is 5.41 Å². The van der Waals surface area contributed by atoms with Crippen LogP contribution in [0.4, 0.5) is 0 Å². The molecule has 0 unspecified atom stereocenters. The number of hydroxylamine groups is 1. The summed E-state index contributed by atoms with van der Waals surface area (Å²) in [4.78, 5) is 15.8. The van der Waals surface area contributed by atoms with Gasteiger partial charge < -0.3 is 0 Å². The lowest BCUT2D eigenvalue weighted by Gasteiger charge is -2.20. The van der Waals surface area contributed by atoms with Gasteiger partial charge in [-0.3, -0.25) is 9.63 Å². The first-order valence-corrected chi connectivity index (χ1v) is 3.67. The molecule has 0 aromatic heterocycles. The van der Waals surface area contributed by atoms with Crippen LogP contribution in [-0.2, 0) is 9.63 Å². The first-order valence-electron chi connectivity index (χ1n) is 3.67. The molecular formula is C8H13NO2. The molecule has 0 spiro atoms. The Morgan fingerprint density at radius 1 is 1.55 bits per heavy atom. The van der Waals surface area contributed by atoms with Crippen LogP contribution in [0.15, 0.2) is 12.2 Å². The highest BCUT2D eigenvalue weighted by atomic mass is 16.6. The van der Waals surface area contributed by atoms with Crippen LogP contribution in [0.2, 0.25) is 0 Å². The minimum atomic E-state index is -0.282. The first-order chi connectivity index (χ1) is 5.19. The minimum Gasteiger partial charge on any atom is -0.277 e. The highest BCUT2D eigenvalue weighted by Gasteiger charge is 2.33. The molecule has 1 amide bonds. The standard InChI is InChI=1S/C8H13NO2/c1-8(5-3-4-6-8)7(10)9-11-2/h3-4H,5-6H2,1-2H3,(H,9,10). The smallest absolute Gasteiger partial charge is 0.250 e. The van der Waals surface area contributed by atoms with Gasteiger partial charge in [-0.2, -0.15) is 0 Å². The lowest BCUT2D eigenvalue weighted by Crippen LogP contribution is -2.36. The molecule has 0 saturated heterocycles. The van der Waals surface area contributed by atoms with Crippen LogP contribution >= 0.6 is 0 Å². The summed E-state index contributed by atoms with van der Waals surface area (Å²) in [6.07, 6.45) is 5.66. The zero-order valence-electron chi connectivity index (χ0n) is 6.89. The van der Waals surface area contributed by atoms with E-state index in [1.54, 1.807) is 0 Å². The highest BCUT2D eigenvalue weighted by molar-refractivity contribution is 5.82. The summed E-state index contributed by atoms with van der Waals surface area (Å²) in [5.74, 6) is -0.0370. The monoisotopic (exact) mass is 155 g/mol. The minimum absolute atomic E-state index is 0.0370.